The summed E-state index contributed by atoms with van der Waals surface area (Å²) < 4.78 is 3.57. The molecule has 2 aromatic heterocycles. The van der Waals surface area contributed by atoms with Gasteiger partial charge in [-0.3, -0.25) is 4.68 Å². The molecule has 19 heavy (non-hydrogen) atoms. The maximum absolute atomic E-state index is 6.22. The van der Waals surface area contributed by atoms with Gasteiger partial charge in [0, 0.05) is 13.6 Å². The summed E-state index contributed by atoms with van der Waals surface area (Å²) in [6.07, 6.45) is 3.04. The Morgan fingerprint density at radius 3 is 2.84 bits per heavy atom. The smallest absolute Gasteiger partial charge is 0.0964 e. The van der Waals surface area contributed by atoms with Crippen LogP contribution in [0.5, 0.6) is 0 Å². The second-order valence-electron chi connectivity index (χ2n) is 4.55. The van der Waals surface area contributed by atoms with Gasteiger partial charge in [0.05, 0.1) is 34.8 Å². The van der Waals surface area contributed by atoms with Crippen LogP contribution in [0.1, 0.15) is 30.4 Å². The molecule has 0 aromatic carbocycles. The lowest BCUT2D eigenvalue weighted by Gasteiger charge is -2.02. The molecule has 0 saturated heterocycles. The zero-order valence-corrected chi connectivity index (χ0v) is 12.3. The first-order valence-corrected chi connectivity index (χ1v) is 6.77. The number of nitrogens with one attached hydrogen (secondary N) is 1. The van der Waals surface area contributed by atoms with E-state index in [1.807, 2.05) is 20.2 Å². The van der Waals surface area contributed by atoms with Crippen LogP contribution in [-0.2, 0) is 20.1 Å². The van der Waals surface area contributed by atoms with E-state index in [0.29, 0.717) is 11.6 Å². The minimum atomic E-state index is 0.580. The van der Waals surface area contributed by atoms with Gasteiger partial charge in [-0.25, -0.2) is 4.68 Å². The van der Waals surface area contributed by atoms with E-state index in [4.69, 9.17) is 11.6 Å². The van der Waals surface area contributed by atoms with Gasteiger partial charge in [0.1, 0.15) is 0 Å². The zero-order chi connectivity index (χ0) is 13.8. The Morgan fingerprint density at radius 1 is 1.42 bits per heavy atom. The highest BCUT2D eigenvalue weighted by molar-refractivity contribution is 6.31. The van der Waals surface area contributed by atoms with Crippen LogP contribution in [0, 0.1) is 6.92 Å². The first-order valence-electron chi connectivity index (χ1n) is 6.39. The van der Waals surface area contributed by atoms with Gasteiger partial charge < -0.3 is 5.32 Å². The van der Waals surface area contributed by atoms with Crippen molar-refractivity contribution in [2.75, 3.05) is 6.54 Å². The fraction of sp³-hybridized carbons (Fsp3) is 0.583. The van der Waals surface area contributed by atoms with Crippen molar-refractivity contribution in [3.63, 3.8) is 0 Å². The van der Waals surface area contributed by atoms with E-state index in [1.165, 1.54) is 0 Å². The quantitative estimate of drug-likeness (QED) is 0.816. The van der Waals surface area contributed by atoms with Crippen molar-refractivity contribution in [2.24, 2.45) is 7.05 Å². The van der Waals surface area contributed by atoms with Gasteiger partial charge in [0.2, 0.25) is 0 Å². The molecule has 0 aliphatic carbocycles. The molecule has 7 heteroatoms. The summed E-state index contributed by atoms with van der Waals surface area (Å²) in [4.78, 5) is 0. The lowest BCUT2D eigenvalue weighted by atomic mass is 10.3. The van der Waals surface area contributed by atoms with E-state index in [1.54, 1.807) is 9.36 Å². The number of rotatable bonds is 6. The molecule has 0 saturated carbocycles. The third kappa shape index (κ3) is 3.33. The van der Waals surface area contributed by atoms with Crippen molar-refractivity contribution >= 4 is 11.6 Å². The molecule has 0 radical (unpaired) electrons. The molecule has 2 rings (SSSR count). The number of aromatic nitrogens is 5. The molecule has 0 amide bonds. The number of nitrogens with zero attached hydrogens (tertiary/aromatic N) is 5. The average Bonchev–Trinajstić information content (AvgIpc) is 2.91. The Labute approximate surface area is 117 Å². The zero-order valence-electron chi connectivity index (χ0n) is 11.5. The minimum absolute atomic E-state index is 0.580. The maximum Gasteiger partial charge on any atom is 0.0964 e. The summed E-state index contributed by atoms with van der Waals surface area (Å²) in [6.45, 7) is 6.34. The Balaban J connectivity index is 2.03. The number of hydrogen-bond donors (Lipinski definition) is 1. The average molecular weight is 283 g/mol. The molecule has 0 unspecified atom stereocenters. The van der Waals surface area contributed by atoms with Crippen LogP contribution in [0.3, 0.4) is 0 Å². The van der Waals surface area contributed by atoms with Crippen molar-refractivity contribution in [1.82, 2.24) is 30.1 Å². The molecule has 2 aromatic rings. The van der Waals surface area contributed by atoms with Gasteiger partial charge in [-0.2, -0.15) is 5.10 Å². The van der Waals surface area contributed by atoms with Gasteiger partial charge in [0.25, 0.3) is 0 Å². The first kappa shape index (κ1) is 14.0. The minimum Gasteiger partial charge on any atom is -0.311 e. The second-order valence-corrected chi connectivity index (χ2v) is 4.93. The summed E-state index contributed by atoms with van der Waals surface area (Å²) in [7, 11) is 1.88. The van der Waals surface area contributed by atoms with E-state index in [0.717, 1.165) is 36.6 Å². The Kier molecular flexibility index (Phi) is 4.55. The van der Waals surface area contributed by atoms with Crippen molar-refractivity contribution in [3.8, 4) is 0 Å². The lowest BCUT2D eigenvalue weighted by molar-refractivity contribution is 0.599. The number of hydrogen-bond acceptors (Lipinski definition) is 4. The summed E-state index contributed by atoms with van der Waals surface area (Å²) in [5.74, 6) is 0. The standard InChI is InChI=1S/C12H19ClN6/c1-4-5-14-6-10-7-19(17-15-10)8-11-12(13)9(2)16-18(11)3/h7,14H,4-6,8H2,1-3H3. The molecular weight excluding hydrogens is 264 g/mol. The molecular formula is C12H19ClN6. The van der Waals surface area contributed by atoms with Gasteiger partial charge in [0.15, 0.2) is 0 Å². The van der Waals surface area contributed by atoms with E-state index in [2.05, 4.69) is 27.7 Å². The number of halogens is 1. The van der Waals surface area contributed by atoms with Crippen LogP contribution in [0.4, 0.5) is 0 Å². The van der Waals surface area contributed by atoms with Crippen LogP contribution < -0.4 is 5.32 Å². The van der Waals surface area contributed by atoms with Crippen molar-refractivity contribution < 1.29 is 0 Å². The van der Waals surface area contributed by atoms with Gasteiger partial charge in [-0.15, -0.1) is 5.10 Å². The lowest BCUT2D eigenvalue weighted by Crippen LogP contribution is -2.14. The molecule has 1 N–H and O–H groups in total. The highest BCUT2D eigenvalue weighted by Crippen LogP contribution is 2.19. The van der Waals surface area contributed by atoms with Crippen molar-refractivity contribution in [1.29, 1.82) is 0 Å². The van der Waals surface area contributed by atoms with Crippen LogP contribution in [0.2, 0.25) is 5.02 Å². The SMILES string of the molecule is CCCNCc1cn(Cc2c(Cl)c(C)nn2C)nn1. The predicted molar refractivity (Wildman–Crippen MR) is 74.1 cm³/mol. The second kappa shape index (κ2) is 6.16. The molecule has 0 bridgehead atoms. The summed E-state index contributed by atoms with van der Waals surface area (Å²) in [6, 6.07) is 0. The monoisotopic (exact) mass is 282 g/mol. The fourth-order valence-corrected chi connectivity index (χ4v) is 2.12. The maximum atomic E-state index is 6.22. The Hall–Kier alpha value is -1.40. The van der Waals surface area contributed by atoms with Crippen molar-refractivity contribution in [2.45, 2.75) is 33.4 Å². The molecule has 0 aliphatic heterocycles. The highest BCUT2D eigenvalue weighted by Gasteiger charge is 2.12. The van der Waals surface area contributed by atoms with Crippen molar-refractivity contribution in [3.05, 3.63) is 28.3 Å². The van der Waals surface area contributed by atoms with Crippen LogP contribution in [0.15, 0.2) is 6.20 Å². The highest BCUT2D eigenvalue weighted by atomic mass is 35.5. The topological polar surface area (TPSA) is 60.6 Å². The van der Waals surface area contributed by atoms with Crippen LogP contribution in [-0.4, -0.2) is 31.3 Å². The summed E-state index contributed by atoms with van der Waals surface area (Å²) >= 11 is 6.22. The van der Waals surface area contributed by atoms with Crippen LogP contribution >= 0.6 is 11.6 Å². The largest absolute Gasteiger partial charge is 0.311 e. The fourth-order valence-electron chi connectivity index (χ4n) is 1.90. The Morgan fingerprint density at radius 2 is 2.21 bits per heavy atom. The predicted octanol–water partition coefficient (Wildman–Crippen LogP) is 1.52. The van der Waals surface area contributed by atoms with E-state index >= 15 is 0 Å². The molecule has 0 fully saturated rings. The van der Waals surface area contributed by atoms with Gasteiger partial charge >= 0.3 is 0 Å². The number of aryl methyl sites for hydroxylation is 2. The van der Waals surface area contributed by atoms with Gasteiger partial charge in [-0.1, -0.05) is 23.7 Å². The summed E-state index contributed by atoms with van der Waals surface area (Å²) in [5, 5.41) is 16.5. The van der Waals surface area contributed by atoms with E-state index in [-0.39, 0.29) is 0 Å². The normalized spacial score (nSPS) is 11.2. The Bertz CT molecular complexity index is 544. The molecule has 0 spiro atoms. The molecule has 6 nitrogen and oxygen atoms in total. The van der Waals surface area contributed by atoms with E-state index in [9.17, 15) is 0 Å². The summed E-state index contributed by atoms with van der Waals surface area (Å²) in [5.41, 5.74) is 2.71. The molecule has 0 atom stereocenters. The van der Waals surface area contributed by atoms with E-state index < -0.39 is 0 Å². The van der Waals surface area contributed by atoms with Crippen LogP contribution in [0.25, 0.3) is 0 Å². The molecule has 104 valence electrons. The third-order valence-electron chi connectivity index (χ3n) is 2.89. The molecule has 2 heterocycles. The van der Waals surface area contributed by atoms with Gasteiger partial charge in [-0.05, 0) is 19.9 Å². The molecule has 0 aliphatic rings. The third-order valence-corrected chi connectivity index (χ3v) is 3.38. The first-order chi connectivity index (χ1) is 9.11.